The molecule has 0 saturated carbocycles. The van der Waals surface area contributed by atoms with Gasteiger partial charge in [-0.05, 0) is 11.6 Å². The minimum Gasteiger partial charge on any atom is -0.380 e. The normalized spacial score (nSPS) is 10.3. The summed E-state index contributed by atoms with van der Waals surface area (Å²) in [4.78, 5) is 5.33. The highest BCUT2D eigenvalue weighted by molar-refractivity contribution is 7.09. The van der Waals surface area contributed by atoms with Crippen molar-refractivity contribution in [2.75, 3.05) is 5.32 Å². The first-order valence-electron chi connectivity index (χ1n) is 6.19. The van der Waals surface area contributed by atoms with Gasteiger partial charge < -0.3 is 5.32 Å². The summed E-state index contributed by atoms with van der Waals surface area (Å²) in [6, 6.07) is 18.8. The number of nitrogens with zero attached hydrogens (tertiary/aromatic N) is 1. The number of anilines is 1. The van der Waals surface area contributed by atoms with Crippen LogP contribution in [0, 0.1) is 0 Å². The van der Waals surface area contributed by atoms with Crippen LogP contribution in [0.4, 0.5) is 5.69 Å². The van der Waals surface area contributed by atoms with E-state index in [0.29, 0.717) is 0 Å². The SMILES string of the molecule is c1ccc(-c2ccccc2NCc2cncs2)cc1. The van der Waals surface area contributed by atoms with Crippen LogP contribution in [0.15, 0.2) is 66.3 Å². The molecule has 0 saturated heterocycles. The van der Waals surface area contributed by atoms with Gasteiger partial charge in [-0.25, -0.2) is 0 Å². The zero-order valence-corrected chi connectivity index (χ0v) is 11.2. The fourth-order valence-corrected chi connectivity index (χ4v) is 2.55. The second-order valence-corrected chi connectivity index (χ2v) is 5.20. The van der Waals surface area contributed by atoms with E-state index < -0.39 is 0 Å². The maximum Gasteiger partial charge on any atom is 0.0794 e. The number of hydrogen-bond donors (Lipinski definition) is 1. The van der Waals surface area contributed by atoms with Gasteiger partial charge in [-0.15, -0.1) is 11.3 Å². The van der Waals surface area contributed by atoms with Crippen molar-refractivity contribution in [3.63, 3.8) is 0 Å². The minimum atomic E-state index is 0.814. The van der Waals surface area contributed by atoms with Gasteiger partial charge in [0, 0.05) is 22.3 Å². The molecule has 19 heavy (non-hydrogen) atoms. The van der Waals surface area contributed by atoms with E-state index >= 15 is 0 Å². The highest BCUT2D eigenvalue weighted by Gasteiger charge is 2.04. The first-order valence-corrected chi connectivity index (χ1v) is 7.07. The Kier molecular flexibility index (Phi) is 3.56. The summed E-state index contributed by atoms with van der Waals surface area (Å²) in [7, 11) is 0. The largest absolute Gasteiger partial charge is 0.380 e. The average molecular weight is 266 g/mol. The van der Waals surface area contributed by atoms with Gasteiger partial charge in [0.05, 0.1) is 12.1 Å². The molecule has 2 nitrogen and oxygen atoms in total. The molecular formula is C16H14N2S. The Balaban J connectivity index is 1.85. The Morgan fingerprint density at radius 2 is 1.74 bits per heavy atom. The van der Waals surface area contributed by atoms with Crippen LogP contribution in [-0.2, 0) is 6.54 Å². The number of aromatic nitrogens is 1. The smallest absolute Gasteiger partial charge is 0.0794 e. The molecule has 0 aliphatic heterocycles. The number of para-hydroxylation sites is 1. The number of benzene rings is 2. The topological polar surface area (TPSA) is 24.9 Å². The Bertz CT molecular complexity index is 633. The van der Waals surface area contributed by atoms with Crippen LogP contribution in [0.25, 0.3) is 11.1 Å². The van der Waals surface area contributed by atoms with E-state index in [2.05, 4.69) is 58.8 Å². The van der Waals surface area contributed by atoms with Crippen LogP contribution in [0.1, 0.15) is 4.88 Å². The van der Waals surface area contributed by atoms with Crippen LogP contribution < -0.4 is 5.32 Å². The van der Waals surface area contributed by atoms with Gasteiger partial charge >= 0.3 is 0 Å². The zero-order chi connectivity index (χ0) is 12.9. The molecule has 94 valence electrons. The lowest BCUT2D eigenvalue weighted by molar-refractivity contribution is 1.18. The fraction of sp³-hybridized carbons (Fsp3) is 0.0625. The lowest BCUT2D eigenvalue weighted by Crippen LogP contribution is -1.99. The standard InChI is InChI=1S/C16H14N2S/c1-2-6-13(7-3-1)15-8-4-5-9-16(15)18-11-14-10-17-12-19-14/h1-10,12,18H,11H2. The fourth-order valence-electron chi connectivity index (χ4n) is 2.02. The van der Waals surface area contributed by atoms with Crippen molar-refractivity contribution in [1.82, 2.24) is 4.98 Å². The third kappa shape index (κ3) is 2.83. The lowest BCUT2D eigenvalue weighted by atomic mass is 10.0. The molecule has 3 heteroatoms. The molecule has 3 rings (SSSR count). The van der Waals surface area contributed by atoms with E-state index in [1.165, 1.54) is 16.0 Å². The number of rotatable bonds is 4. The number of nitrogens with one attached hydrogen (secondary N) is 1. The summed E-state index contributed by atoms with van der Waals surface area (Å²) in [5.74, 6) is 0. The molecule has 0 radical (unpaired) electrons. The first kappa shape index (κ1) is 11.9. The molecule has 2 aromatic carbocycles. The maximum atomic E-state index is 4.09. The summed E-state index contributed by atoms with van der Waals surface area (Å²) >= 11 is 1.67. The molecule has 0 unspecified atom stereocenters. The van der Waals surface area contributed by atoms with Crippen LogP contribution in [-0.4, -0.2) is 4.98 Å². The van der Waals surface area contributed by atoms with E-state index in [4.69, 9.17) is 0 Å². The lowest BCUT2D eigenvalue weighted by Gasteiger charge is -2.11. The number of thiazole rings is 1. The maximum absolute atomic E-state index is 4.09. The average Bonchev–Trinajstić information content (AvgIpc) is 3.00. The molecule has 0 fully saturated rings. The van der Waals surface area contributed by atoms with E-state index in [-0.39, 0.29) is 0 Å². The van der Waals surface area contributed by atoms with Crippen molar-refractivity contribution in [3.05, 3.63) is 71.2 Å². The molecule has 1 aromatic heterocycles. The second-order valence-electron chi connectivity index (χ2n) is 4.23. The predicted octanol–water partition coefficient (Wildman–Crippen LogP) is 4.42. The van der Waals surface area contributed by atoms with E-state index in [1.807, 2.05) is 17.8 Å². The molecule has 0 amide bonds. The van der Waals surface area contributed by atoms with Gasteiger partial charge in [-0.1, -0.05) is 48.5 Å². The summed E-state index contributed by atoms with van der Waals surface area (Å²) in [6.45, 7) is 0.814. The molecule has 0 atom stereocenters. The van der Waals surface area contributed by atoms with Gasteiger partial charge in [0.25, 0.3) is 0 Å². The third-order valence-corrected chi connectivity index (χ3v) is 3.73. The van der Waals surface area contributed by atoms with E-state index in [0.717, 1.165) is 12.2 Å². The second kappa shape index (κ2) is 5.67. The quantitative estimate of drug-likeness (QED) is 0.756. The molecular weight excluding hydrogens is 252 g/mol. The van der Waals surface area contributed by atoms with Crippen molar-refractivity contribution in [2.45, 2.75) is 6.54 Å². The Morgan fingerprint density at radius 1 is 0.947 bits per heavy atom. The van der Waals surface area contributed by atoms with E-state index in [1.54, 1.807) is 11.3 Å². The summed E-state index contributed by atoms with van der Waals surface area (Å²) < 4.78 is 0. The number of hydrogen-bond acceptors (Lipinski definition) is 3. The molecule has 0 aliphatic rings. The van der Waals surface area contributed by atoms with Crippen LogP contribution in [0.5, 0.6) is 0 Å². The van der Waals surface area contributed by atoms with Crippen molar-refractivity contribution in [1.29, 1.82) is 0 Å². The van der Waals surface area contributed by atoms with Gasteiger partial charge in [-0.2, -0.15) is 0 Å². The Labute approximate surface area is 116 Å². The molecule has 0 aliphatic carbocycles. The van der Waals surface area contributed by atoms with Crippen LogP contribution in [0.3, 0.4) is 0 Å². The van der Waals surface area contributed by atoms with Crippen molar-refractivity contribution in [3.8, 4) is 11.1 Å². The monoisotopic (exact) mass is 266 g/mol. The Hall–Kier alpha value is -2.13. The Morgan fingerprint density at radius 3 is 2.53 bits per heavy atom. The highest BCUT2D eigenvalue weighted by Crippen LogP contribution is 2.28. The van der Waals surface area contributed by atoms with Crippen molar-refractivity contribution < 1.29 is 0 Å². The zero-order valence-electron chi connectivity index (χ0n) is 10.4. The van der Waals surface area contributed by atoms with Crippen molar-refractivity contribution >= 4 is 17.0 Å². The first-order chi connectivity index (χ1) is 9.43. The van der Waals surface area contributed by atoms with Gasteiger partial charge in [0.1, 0.15) is 0 Å². The molecule has 1 N–H and O–H groups in total. The molecule has 0 bridgehead atoms. The summed E-state index contributed by atoms with van der Waals surface area (Å²) in [5.41, 5.74) is 5.48. The molecule has 0 spiro atoms. The van der Waals surface area contributed by atoms with Gasteiger partial charge in [0.2, 0.25) is 0 Å². The minimum absolute atomic E-state index is 0.814. The summed E-state index contributed by atoms with van der Waals surface area (Å²) in [5, 5.41) is 3.48. The molecule has 1 heterocycles. The predicted molar refractivity (Wildman–Crippen MR) is 81.3 cm³/mol. The van der Waals surface area contributed by atoms with Gasteiger partial charge in [0.15, 0.2) is 0 Å². The van der Waals surface area contributed by atoms with Crippen molar-refractivity contribution in [2.24, 2.45) is 0 Å². The van der Waals surface area contributed by atoms with Crippen LogP contribution in [0.2, 0.25) is 0 Å². The third-order valence-electron chi connectivity index (χ3n) is 2.95. The highest BCUT2D eigenvalue weighted by atomic mass is 32.1. The summed E-state index contributed by atoms with van der Waals surface area (Å²) in [6.07, 6.45) is 1.91. The van der Waals surface area contributed by atoms with Gasteiger partial charge in [-0.3, -0.25) is 4.98 Å². The van der Waals surface area contributed by atoms with Crippen LogP contribution >= 0.6 is 11.3 Å². The van der Waals surface area contributed by atoms with E-state index in [9.17, 15) is 0 Å². The molecule has 3 aromatic rings.